The van der Waals surface area contributed by atoms with Gasteiger partial charge in [0.05, 0.1) is 34.0 Å². The number of carbonyl (C=O) groups excluding carboxylic acids is 1. The lowest BCUT2D eigenvalue weighted by Crippen LogP contribution is -2.38. The molecule has 0 radical (unpaired) electrons. The summed E-state index contributed by atoms with van der Waals surface area (Å²) in [5.74, 6) is 2.09. The lowest BCUT2D eigenvalue weighted by Gasteiger charge is -2.33. The van der Waals surface area contributed by atoms with Crippen LogP contribution in [0, 0.1) is 0 Å². The van der Waals surface area contributed by atoms with Gasteiger partial charge in [-0.1, -0.05) is 6.07 Å². The fourth-order valence-electron chi connectivity index (χ4n) is 3.19. The molecular weight excluding hydrogens is 352 g/mol. The van der Waals surface area contributed by atoms with E-state index in [1.54, 1.807) is 38.5 Å². The number of fused-ring (bicyclic) bond motifs is 1. The Morgan fingerprint density at radius 3 is 2.07 bits per heavy atom. The van der Waals surface area contributed by atoms with Crippen molar-refractivity contribution in [2.24, 2.45) is 0 Å². The normalized spacial score (nSPS) is 18.3. The summed E-state index contributed by atoms with van der Waals surface area (Å²) in [5, 5.41) is 0. The Balaban J connectivity index is 2.12. The number of hydrogen-bond acceptors (Lipinski definition) is 7. The van der Waals surface area contributed by atoms with E-state index in [1.165, 1.54) is 21.3 Å². The molecule has 0 saturated heterocycles. The fraction of sp³-hybridized carbons (Fsp3) is 0.350. The Bertz CT molecular complexity index is 846. The molecule has 7 nitrogen and oxygen atoms in total. The number of hydrogen-bond donors (Lipinski definition) is 0. The summed E-state index contributed by atoms with van der Waals surface area (Å²) in [6, 6.07) is 8.65. The van der Waals surface area contributed by atoms with Gasteiger partial charge in [-0.3, -0.25) is 4.79 Å². The van der Waals surface area contributed by atoms with Crippen LogP contribution in [0.4, 0.5) is 0 Å². The van der Waals surface area contributed by atoms with Gasteiger partial charge in [-0.25, -0.2) is 0 Å². The predicted octanol–water partition coefficient (Wildman–Crippen LogP) is 3.05. The van der Waals surface area contributed by atoms with Gasteiger partial charge in [-0.05, 0) is 29.8 Å². The molecule has 144 valence electrons. The maximum atomic E-state index is 13.0. The van der Waals surface area contributed by atoms with Crippen LogP contribution >= 0.6 is 0 Å². The van der Waals surface area contributed by atoms with Crippen molar-refractivity contribution in [3.63, 3.8) is 0 Å². The molecule has 0 bridgehead atoms. The van der Waals surface area contributed by atoms with Gasteiger partial charge in [0.1, 0.15) is 0 Å². The van der Waals surface area contributed by atoms with E-state index in [1.807, 2.05) is 6.07 Å². The molecule has 0 unspecified atom stereocenters. The molecule has 1 aliphatic heterocycles. The maximum absolute atomic E-state index is 13.0. The van der Waals surface area contributed by atoms with Gasteiger partial charge >= 0.3 is 0 Å². The summed E-state index contributed by atoms with van der Waals surface area (Å²) in [6.45, 7) is 0. The monoisotopic (exact) mass is 374 g/mol. The fourth-order valence-corrected chi connectivity index (χ4v) is 3.19. The third-order valence-electron chi connectivity index (χ3n) is 4.53. The first-order valence-corrected chi connectivity index (χ1v) is 8.30. The Hall–Kier alpha value is -2.93. The number of ketones is 1. The van der Waals surface area contributed by atoms with Crippen molar-refractivity contribution >= 4 is 5.78 Å². The van der Waals surface area contributed by atoms with E-state index >= 15 is 0 Å². The van der Waals surface area contributed by atoms with Crippen LogP contribution in [0.1, 0.15) is 22.0 Å². The number of benzene rings is 2. The molecule has 1 heterocycles. The number of carbonyl (C=O) groups is 1. The van der Waals surface area contributed by atoms with Crippen LogP contribution in [0.2, 0.25) is 0 Å². The smallest absolute Gasteiger partial charge is 0.204 e. The van der Waals surface area contributed by atoms with Crippen LogP contribution in [0.15, 0.2) is 30.3 Å². The number of methoxy groups -OCH3 is 5. The summed E-state index contributed by atoms with van der Waals surface area (Å²) in [7, 11) is 7.61. The second-order valence-corrected chi connectivity index (χ2v) is 5.85. The van der Waals surface area contributed by atoms with Gasteiger partial charge in [-0.2, -0.15) is 0 Å². The summed E-state index contributed by atoms with van der Waals surface area (Å²) < 4.78 is 33.0. The molecule has 0 spiro atoms. The standard InChI is InChI=1S/C20H22O7/c1-22-13-8-6-11(10-15(13)24-3)17-20(26-5)16(21)12-7-9-14(23-2)19(25-4)18(12)27-17/h6-10,17,20H,1-5H3/t17-,20+/m0/s1. The van der Waals surface area contributed by atoms with Gasteiger partial charge in [0.2, 0.25) is 5.75 Å². The first-order chi connectivity index (χ1) is 13.1. The summed E-state index contributed by atoms with van der Waals surface area (Å²) in [6.07, 6.45) is -1.50. The SMILES string of the molecule is COc1ccc([C@@H]2Oc3c(ccc(OC)c3OC)C(=O)[C@H]2OC)cc1OC. The highest BCUT2D eigenvalue weighted by atomic mass is 16.6. The van der Waals surface area contributed by atoms with E-state index in [2.05, 4.69) is 0 Å². The first-order valence-electron chi connectivity index (χ1n) is 8.30. The van der Waals surface area contributed by atoms with Crippen molar-refractivity contribution in [1.29, 1.82) is 0 Å². The average molecular weight is 374 g/mol. The number of ether oxygens (including phenoxy) is 6. The topological polar surface area (TPSA) is 72.5 Å². The van der Waals surface area contributed by atoms with Gasteiger partial charge in [-0.15, -0.1) is 0 Å². The van der Waals surface area contributed by atoms with E-state index in [0.717, 1.165) is 0 Å². The van der Waals surface area contributed by atoms with Crippen molar-refractivity contribution in [1.82, 2.24) is 0 Å². The Morgan fingerprint density at radius 2 is 1.48 bits per heavy atom. The van der Waals surface area contributed by atoms with Crippen molar-refractivity contribution in [2.75, 3.05) is 35.5 Å². The molecule has 2 atom stereocenters. The first kappa shape index (κ1) is 18.8. The molecule has 0 aromatic heterocycles. The summed E-state index contributed by atoms with van der Waals surface area (Å²) in [4.78, 5) is 13.0. The van der Waals surface area contributed by atoms with Gasteiger partial charge in [0.15, 0.2) is 41.0 Å². The van der Waals surface area contributed by atoms with Crippen LogP contribution in [-0.4, -0.2) is 47.4 Å². The largest absolute Gasteiger partial charge is 0.493 e. The van der Waals surface area contributed by atoms with Crippen molar-refractivity contribution < 1.29 is 33.2 Å². The van der Waals surface area contributed by atoms with Crippen LogP contribution < -0.4 is 23.7 Å². The molecule has 0 fully saturated rings. The van der Waals surface area contributed by atoms with Crippen molar-refractivity contribution in [3.05, 3.63) is 41.5 Å². The maximum Gasteiger partial charge on any atom is 0.204 e. The molecule has 2 aromatic rings. The molecule has 2 aromatic carbocycles. The molecule has 0 amide bonds. The molecule has 0 saturated carbocycles. The molecular formula is C20H22O7. The minimum atomic E-state index is -0.811. The zero-order valence-electron chi connectivity index (χ0n) is 15.9. The summed E-state index contributed by atoms with van der Waals surface area (Å²) in [5.41, 5.74) is 1.10. The van der Waals surface area contributed by atoms with Crippen molar-refractivity contribution in [2.45, 2.75) is 12.2 Å². The van der Waals surface area contributed by atoms with Gasteiger partial charge < -0.3 is 28.4 Å². The summed E-state index contributed by atoms with van der Waals surface area (Å²) >= 11 is 0. The highest BCUT2D eigenvalue weighted by Crippen LogP contribution is 2.47. The predicted molar refractivity (Wildman–Crippen MR) is 97.6 cm³/mol. The highest BCUT2D eigenvalue weighted by Gasteiger charge is 2.41. The van der Waals surface area contributed by atoms with Crippen molar-refractivity contribution in [3.8, 4) is 28.7 Å². The van der Waals surface area contributed by atoms with Crippen LogP contribution in [-0.2, 0) is 4.74 Å². The minimum Gasteiger partial charge on any atom is -0.493 e. The Labute approximate surface area is 157 Å². The van der Waals surface area contributed by atoms with Crippen LogP contribution in [0.3, 0.4) is 0 Å². The second-order valence-electron chi connectivity index (χ2n) is 5.85. The Morgan fingerprint density at radius 1 is 0.815 bits per heavy atom. The Kier molecular flexibility index (Phi) is 5.41. The second kappa shape index (κ2) is 7.75. The molecule has 7 heteroatoms. The zero-order chi connectivity index (χ0) is 19.6. The minimum absolute atomic E-state index is 0.195. The van der Waals surface area contributed by atoms with E-state index in [9.17, 15) is 4.79 Å². The number of rotatable bonds is 6. The lowest BCUT2D eigenvalue weighted by atomic mass is 9.92. The molecule has 3 rings (SSSR count). The van der Waals surface area contributed by atoms with E-state index < -0.39 is 12.2 Å². The average Bonchev–Trinajstić information content (AvgIpc) is 2.71. The highest BCUT2D eigenvalue weighted by molar-refractivity contribution is 6.04. The van der Waals surface area contributed by atoms with E-state index in [4.69, 9.17) is 28.4 Å². The molecule has 0 aliphatic carbocycles. The van der Waals surface area contributed by atoms with Crippen LogP contribution in [0.5, 0.6) is 28.7 Å². The molecule has 0 N–H and O–H groups in total. The third kappa shape index (κ3) is 3.14. The quantitative estimate of drug-likeness (QED) is 0.769. The number of Topliss-reactive ketones (excluding diaryl/α,β-unsaturated/α-hetero) is 1. The third-order valence-corrected chi connectivity index (χ3v) is 4.53. The van der Waals surface area contributed by atoms with E-state index in [-0.39, 0.29) is 5.78 Å². The molecule has 27 heavy (non-hydrogen) atoms. The zero-order valence-corrected chi connectivity index (χ0v) is 15.9. The van der Waals surface area contributed by atoms with Gasteiger partial charge in [0.25, 0.3) is 0 Å². The van der Waals surface area contributed by atoms with E-state index in [0.29, 0.717) is 39.9 Å². The van der Waals surface area contributed by atoms with Gasteiger partial charge in [0, 0.05) is 7.11 Å². The lowest BCUT2D eigenvalue weighted by molar-refractivity contribution is -0.00183. The van der Waals surface area contributed by atoms with Crippen LogP contribution in [0.25, 0.3) is 0 Å². The molecule has 1 aliphatic rings.